The second-order valence-corrected chi connectivity index (χ2v) is 6.17. The third kappa shape index (κ3) is 1.31. The number of hydrogen-bond donors (Lipinski definition) is 2. The molecule has 0 spiro atoms. The lowest BCUT2D eigenvalue weighted by Crippen LogP contribution is -2.62. The molecule has 2 unspecified atom stereocenters. The summed E-state index contributed by atoms with van der Waals surface area (Å²) in [4.78, 5) is 12.1. The van der Waals surface area contributed by atoms with Crippen LogP contribution in [0.25, 0.3) is 0 Å². The number of nitrogens with two attached hydrogens (primary N) is 1. The van der Waals surface area contributed by atoms with Crippen LogP contribution in [0.4, 0.5) is 0 Å². The molecule has 1 aliphatic heterocycles. The van der Waals surface area contributed by atoms with E-state index in [-0.39, 0.29) is 11.3 Å². The molecule has 0 saturated carbocycles. The van der Waals surface area contributed by atoms with Gasteiger partial charge in [-0.25, -0.2) is 0 Å². The number of benzene rings is 1. The predicted molar refractivity (Wildman–Crippen MR) is 71.4 cm³/mol. The molecule has 3 heteroatoms. The molecule has 3 N–H and O–H groups in total. The molecule has 3 rings (SSSR count). The first-order valence-corrected chi connectivity index (χ1v) is 6.62. The minimum absolute atomic E-state index is 0.0516. The molecule has 96 valence electrons. The maximum absolute atomic E-state index is 12.1. The Morgan fingerprint density at radius 3 is 2.67 bits per heavy atom. The van der Waals surface area contributed by atoms with Crippen molar-refractivity contribution in [3.8, 4) is 0 Å². The van der Waals surface area contributed by atoms with E-state index in [1.165, 1.54) is 5.56 Å². The topological polar surface area (TPSA) is 55.1 Å². The van der Waals surface area contributed by atoms with E-state index in [0.29, 0.717) is 6.04 Å². The lowest BCUT2D eigenvalue weighted by molar-refractivity contribution is -0.125. The van der Waals surface area contributed by atoms with Crippen molar-refractivity contribution in [2.45, 2.75) is 43.6 Å². The van der Waals surface area contributed by atoms with Gasteiger partial charge in [0.2, 0.25) is 5.91 Å². The first kappa shape index (κ1) is 11.7. The van der Waals surface area contributed by atoms with E-state index < -0.39 is 5.41 Å². The Morgan fingerprint density at radius 1 is 1.33 bits per heavy atom. The van der Waals surface area contributed by atoms with Crippen LogP contribution in [0.3, 0.4) is 0 Å². The van der Waals surface area contributed by atoms with Gasteiger partial charge in [0, 0.05) is 11.5 Å². The first-order chi connectivity index (χ1) is 8.48. The van der Waals surface area contributed by atoms with Crippen LogP contribution in [0.5, 0.6) is 0 Å². The van der Waals surface area contributed by atoms with Crippen LogP contribution in [0.2, 0.25) is 0 Å². The number of fused-ring (bicyclic) bond motifs is 4. The summed E-state index contributed by atoms with van der Waals surface area (Å²) in [7, 11) is 0. The molecule has 1 heterocycles. The molecule has 2 bridgehead atoms. The van der Waals surface area contributed by atoms with Crippen LogP contribution in [0, 0.1) is 0 Å². The molecule has 0 aromatic heterocycles. The molecule has 1 fully saturated rings. The van der Waals surface area contributed by atoms with Crippen molar-refractivity contribution in [1.29, 1.82) is 0 Å². The van der Waals surface area contributed by atoms with Crippen molar-refractivity contribution in [2.75, 3.05) is 6.54 Å². The SMILES string of the molecule is CC1(C)c2ccccc2C2(C(N)=O)CCNC1C2. The van der Waals surface area contributed by atoms with E-state index >= 15 is 0 Å². The van der Waals surface area contributed by atoms with Crippen LogP contribution in [0.1, 0.15) is 37.8 Å². The van der Waals surface area contributed by atoms with Crippen molar-refractivity contribution >= 4 is 5.91 Å². The third-order valence-corrected chi connectivity index (χ3v) is 4.97. The van der Waals surface area contributed by atoms with Crippen molar-refractivity contribution in [1.82, 2.24) is 5.32 Å². The molecule has 18 heavy (non-hydrogen) atoms. The van der Waals surface area contributed by atoms with Crippen LogP contribution in [-0.4, -0.2) is 18.5 Å². The van der Waals surface area contributed by atoms with Gasteiger partial charge < -0.3 is 11.1 Å². The van der Waals surface area contributed by atoms with Gasteiger partial charge in [-0.15, -0.1) is 0 Å². The zero-order chi connectivity index (χ0) is 13.0. The van der Waals surface area contributed by atoms with E-state index in [1.54, 1.807) is 0 Å². The molecule has 1 aromatic rings. The molecular weight excluding hydrogens is 224 g/mol. The van der Waals surface area contributed by atoms with Gasteiger partial charge in [0.25, 0.3) is 0 Å². The van der Waals surface area contributed by atoms with Gasteiger partial charge in [0.15, 0.2) is 0 Å². The lowest BCUT2D eigenvalue weighted by atomic mass is 9.56. The van der Waals surface area contributed by atoms with E-state index in [1.807, 2.05) is 6.07 Å². The number of amides is 1. The maximum Gasteiger partial charge on any atom is 0.228 e. The summed E-state index contributed by atoms with van der Waals surface area (Å²) < 4.78 is 0. The summed E-state index contributed by atoms with van der Waals surface area (Å²) in [5.74, 6) is -0.169. The largest absolute Gasteiger partial charge is 0.369 e. The van der Waals surface area contributed by atoms with Gasteiger partial charge in [-0.3, -0.25) is 4.79 Å². The van der Waals surface area contributed by atoms with Crippen molar-refractivity contribution in [2.24, 2.45) is 5.73 Å². The molecule has 1 aromatic carbocycles. The highest BCUT2D eigenvalue weighted by atomic mass is 16.1. The van der Waals surface area contributed by atoms with E-state index in [0.717, 1.165) is 24.9 Å². The summed E-state index contributed by atoms with van der Waals surface area (Å²) in [6.07, 6.45) is 1.64. The first-order valence-electron chi connectivity index (χ1n) is 6.62. The molecule has 3 nitrogen and oxygen atoms in total. The summed E-state index contributed by atoms with van der Waals surface area (Å²) in [6, 6.07) is 8.63. The van der Waals surface area contributed by atoms with E-state index in [2.05, 4.69) is 37.4 Å². The Hall–Kier alpha value is -1.35. The van der Waals surface area contributed by atoms with Gasteiger partial charge in [-0.1, -0.05) is 38.1 Å². The normalized spacial score (nSPS) is 32.7. The number of carbonyl (C=O) groups excluding carboxylic acids is 1. The second kappa shape index (κ2) is 3.58. The molecule has 1 amide bonds. The molecule has 1 saturated heterocycles. The zero-order valence-electron chi connectivity index (χ0n) is 11.0. The fraction of sp³-hybridized carbons (Fsp3) is 0.533. The fourth-order valence-corrected chi connectivity index (χ4v) is 3.74. The minimum atomic E-state index is -0.456. The zero-order valence-corrected chi connectivity index (χ0v) is 11.0. The molecule has 2 atom stereocenters. The minimum Gasteiger partial charge on any atom is -0.369 e. The Morgan fingerprint density at radius 2 is 2.00 bits per heavy atom. The van der Waals surface area contributed by atoms with Crippen molar-refractivity contribution in [3.05, 3.63) is 35.4 Å². The Bertz CT molecular complexity index is 509. The average Bonchev–Trinajstić information content (AvgIpc) is 2.37. The van der Waals surface area contributed by atoms with Gasteiger partial charge in [-0.2, -0.15) is 0 Å². The van der Waals surface area contributed by atoms with Gasteiger partial charge in [0.1, 0.15) is 0 Å². The number of hydrogen-bond acceptors (Lipinski definition) is 2. The van der Waals surface area contributed by atoms with Gasteiger partial charge in [0.05, 0.1) is 5.41 Å². The number of primary amides is 1. The van der Waals surface area contributed by atoms with Crippen molar-refractivity contribution < 1.29 is 4.79 Å². The number of piperidine rings is 1. The average molecular weight is 244 g/mol. The molecule has 1 aliphatic carbocycles. The highest BCUT2D eigenvalue weighted by Gasteiger charge is 2.53. The molecular formula is C15H20N2O. The summed E-state index contributed by atoms with van der Waals surface area (Å²) in [5, 5.41) is 3.55. The van der Waals surface area contributed by atoms with Gasteiger partial charge >= 0.3 is 0 Å². The Balaban J connectivity index is 2.28. The van der Waals surface area contributed by atoms with E-state index in [9.17, 15) is 4.79 Å². The van der Waals surface area contributed by atoms with Crippen LogP contribution >= 0.6 is 0 Å². The summed E-state index contributed by atoms with van der Waals surface area (Å²) in [6.45, 7) is 5.37. The van der Waals surface area contributed by atoms with Crippen molar-refractivity contribution in [3.63, 3.8) is 0 Å². The number of carbonyl (C=O) groups is 1. The number of rotatable bonds is 1. The molecule has 0 radical (unpaired) electrons. The quantitative estimate of drug-likeness (QED) is 0.785. The van der Waals surface area contributed by atoms with E-state index in [4.69, 9.17) is 5.73 Å². The summed E-state index contributed by atoms with van der Waals surface area (Å²) >= 11 is 0. The smallest absolute Gasteiger partial charge is 0.228 e. The summed E-state index contributed by atoms with van der Waals surface area (Å²) in [5.41, 5.74) is 7.76. The standard InChI is InChI=1S/C15H20N2O/c1-14(2)10-5-3-4-6-11(10)15(13(16)18)7-8-17-12(14)9-15/h3-6,12,17H,7-9H2,1-2H3,(H2,16,18). The predicted octanol–water partition coefficient (Wildman–Crippen LogP) is 1.45. The third-order valence-electron chi connectivity index (χ3n) is 4.97. The lowest BCUT2D eigenvalue weighted by Gasteiger charge is -2.52. The highest BCUT2D eigenvalue weighted by Crippen LogP contribution is 2.49. The Labute approximate surface area is 108 Å². The van der Waals surface area contributed by atoms with Crippen LogP contribution in [0.15, 0.2) is 24.3 Å². The van der Waals surface area contributed by atoms with Crippen LogP contribution < -0.4 is 11.1 Å². The van der Waals surface area contributed by atoms with Crippen LogP contribution in [-0.2, 0) is 15.6 Å². The van der Waals surface area contributed by atoms with Gasteiger partial charge in [-0.05, 0) is 30.5 Å². The number of nitrogens with one attached hydrogen (secondary N) is 1. The second-order valence-electron chi connectivity index (χ2n) is 6.17. The fourth-order valence-electron chi connectivity index (χ4n) is 3.74. The highest BCUT2D eigenvalue weighted by molar-refractivity contribution is 5.88. The monoisotopic (exact) mass is 244 g/mol. The molecule has 2 aliphatic rings. The Kier molecular flexibility index (Phi) is 2.33. The maximum atomic E-state index is 12.1.